The lowest BCUT2D eigenvalue weighted by Crippen LogP contribution is -2.26. The summed E-state index contributed by atoms with van der Waals surface area (Å²) >= 11 is 0. The van der Waals surface area contributed by atoms with E-state index < -0.39 is 4.92 Å². The fourth-order valence-corrected chi connectivity index (χ4v) is 3.34. The Hall–Kier alpha value is -2.27. The zero-order valence-corrected chi connectivity index (χ0v) is 12.4. The molecule has 2 unspecified atom stereocenters. The maximum atomic E-state index is 12.7. The van der Waals surface area contributed by atoms with Crippen LogP contribution >= 0.6 is 0 Å². The normalized spacial score (nSPS) is 25.0. The Kier molecular flexibility index (Phi) is 3.90. The van der Waals surface area contributed by atoms with Crippen LogP contribution in [0.3, 0.4) is 0 Å². The molecule has 5 heteroatoms. The molecule has 0 saturated carbocycles. The molecule has 0 radical (unpaired) electrons. The first kappa shape index (κ1) is 14.7. The molecule has 1 fully saturated rings. The van der Waals surface area contributed by atoms with Gasteiger partial charge >= 0.3 is 0 Å². The summed E-state index contributed by atoms with van der Waals surface area (Å²) in [7, 11) is 2.01. The van der Waals surface area contributed by atoms with Crippen molar-refractivity contribution in [2.24, 2.45) is 11.8 Å². The summed E-state index contributed by atoms with van der Waals surface area (Å²) in [6.07, 6.45) is 7.66. The third kappa shape index (κ3) is 2.72. The standard InChI is InChI=1S/C17H18N2O3/c1-18-10-15(12-6-8-14(9-7-12)19(21)22)16(11-18)17(20)13-4-2-3-5-13/h2-9,13,15-16H,10-11H2,1H3. The van der Waals surface area contributed by atoms with E-state index in [-0.39, 0.29) is 29.2 Å². The molecule has 1 aliphatic heterocycles. The highest BCUT2D eigenvalue weighted by molar-refractivity contribution is 5.88. The van der Waals surface area contributed by atoms with Crippen molar-refractivity contribution in [3.05, 3.63) is 64.2 Å². The predicted octanol–water partition coefficient (Wildman–Crippen LogP) is 2.55. The number of hydrogen-bond acceptors (Lipinski definition) is 4. The van der Waals surface area contributed by atoms with Gasteiger partial charge in [0.1, 0.15) is 5.78 Å². The average Bonchev–Trinajstić information content (AvgIpc) is 3.16. The minimum Gasteiger partial charge on any atom is -0.305 e. The quantitative estimate of drug-likeness (QED) is 0.633. The summed E-state index contributed by atoms with van der Waals surface area (Å²) in [6, 6.07) is 6.60. The van der Waals surface area contributed by atoms with Crippen molar-refractivity contribution < 1.29 is 9.72 Å². The van der Waals surface area contributed by atoms with Gasteiger partial charge < -0.3 is 4.90 Å². The maximum Gasteiger partial charge on any atom is 0.269 e. The monoisotopic (exact) mass is 298 g/mol. The molecule has 1 aromatic rings. The van der Waals surface area contributed by atoms with Crippen molar-refractivity contribution in [3.8, 4) is 0 Å². The Morgan fingerprint density at radius 2 is 1.82 bits per heavy atom. The largest absolute Gasteiger partial charge is 0.305 e. The number of nitro benzene ring substituents is 1. The van der Waals surface area contributed by atoms with Gasteiger partial charge in [-0.05, 0) is 12.6 Å². The van der Waals surface area contributed by atoms with Crippen LogP contribution in [0, 0.1) is 22.0 Å². The zero-order valence-electron chi connectivity index (χ0n) is 12.4. The Balaban J connectivity index is 1.83. The van der Waals surface area contributed by atoms with Crippen LogP contribution in [-0.2, 0) is 4.79 Å². The first-order chi connectivity index (χ1) is 10.6. The second-order valence-corrected chi connectivity index (χ2v) is 5.98. The molecule has 0 amide bonds. The van der Waals surface area contributed by atoms with E-state index in [0.717, 1.165) is 18.7 Å². The highest BCUT2D eigenvalue weighted by Crippen LogP contribution is 2.35. The third-order valence-corrected chi connectivity index (χ3v) is 4.48. The van der Waals surface area contributed by atoms with E-state index in [9.17, 15) is 14.9 Å². The first-order valence-corrected chi connectivity index (χ1v) is 7.38. The van der Waals surface area contributed by atoms with E-state index in [1.807, 2.05) is 31.4 Å². The van der Waals surface area contributed by atoms with Crippen molar-refractivity contribution in [2.45, 2.75) is 5.92 Å². The fraction of sp³-hybridized carbons (Fsp3) is 0.353. The van der Waals surface area contributed by atoms with Crippen LogP contribution in [0.1, 0.15) is 11.5 Å². The van der Waals surface area contributed by atoms with E-state index in [1.165, 1.54) is 12.1 Å². The van der Waals surface area contributed by atoms with Gasteiger partial charge in [0.05, 0.1) is 10.8 Å². The summed E-state index contributed by atoms with van der Waals surface area (Å²) in [5.74, 6) is 0.138. The molecule has 5 nitrogen and oxygen atoms in total. The van der Waals surface area contributed by atoms with E-state index in [1.54, 1.807) is 12.1 Å². The second-order valence-electron chi connectivity index (χ2n) is 5.98. The van der Waals surface area contributed by atoms with E-state index in [0.29, 0.717) is 0 Å². The Bertz CT molecular complexity index is 636. The molecule has 114 valence electrons. The van der Waals surface area contributed by atoms with Crippen LogP contribution in [0.2, 0.25) is 0 Å². The van der Waals surface area contributed by atoms with Crippen molar-refractivity contribution in [3.63, 3.8) is 0 Å². The Morgan fingerprint density at radius 3 is 2.41 bits per heavy atom. The van der Waals surface area contributed by atoms with Crippen LogP contribution in [0.25, 0.3) is 0 Å². The number of benzene rings is 1. The van der Waals surface area contributed by atoms with Gasteiger partial charge in [0.15, 0.2) is 0 Å². The number of non-ortho nitro benzene ring substituents is 1. The van der Waals surface area contributed by atoms with Gasteiger partial charge in [-0.1, -0.05) is 36.4 Å². The number of nitro groups is 1. The van der Waals surface area contributed by atoms with Gasteiger partial charge in [0.25, 0.3) is 5.69 Å². The minimum absolute atomic E-state index is 0.0659. The second kappa shape index (κ2) is 5.85. The van der Waals surface area contributed by atoms with Crippen LogP contribution in [0.5, 0.6) is 0 Å². The molecular weight excluding hydrogens is 280 g/mol. The van der Waals surface area contributed by atoms with Gasteiger partial charge in [0, 0.05) is 37.1 Å². The van der Waals surface area contributed by atoms with Crippen molar-refractivity contribution >= 4 is 11.5 Å². The maximum absolute atomic E-state index is 12.7. The highest BCUT2D eigenvalue weighted by Gasteiger charge is 2.38. The summed E-state index contributed by atoms with van der Waals surface area (Å²) in [5.41, 5.74) is 1.08. The Labute approximate surface area is 129 Å². The third-order valence-electron chi connectivity index (χ3n) is 4.48. The molecule has 2 atom stereocenters. The number of carbonyl (C=O) groups excluding carboxylic acids is 1. The number of nitrogens with zero attached hydrogens (tertiary/aromatic N) is 2. The fourth-order valence-electron chi connectivity index (χ4n) is 3.34. The summed E-state index contributed by atoms with van der Waals surface area (Å²) < 4.78 is 0. The number of carbonyl (C=O) groups is 1. The number of allylic oxidation sites excluding steroid dienone is 4. The topological polar surface area (TPSA) is 63.5 Å². The molecular formula is C17H18N2O3. The number of likely N-dealkylation sites (tertiary alicyclic amines) is 1. The van der Waals surface area contributed by atoms with Gasteiger partial charge in [-0.15, -0.1) is 0 Å². The lowest BCUT2D eigenvalue weighted by molar-refractivity contribution is -0.384. The summed E-state index contributed by atoms with van der Waals surface area (Å²) in [6.45, 7) is 1.53. The summed E-state index contributed by atoms with van der Waals surface area (Å²) in [4.78, 5) is 25.2. The van der Waals surface area contributed by atoms with Crippen molar-refractivity contribution in [1.29, 1.82) is 0 Å². The number of ketones is 1. The SMILES string of the molecule is CN1CC(C(=O)C2C=CC=C2)C(c2ccc([N+](=O)[O-])cc2)C1. The average molecular weight is 298 g/mol. The van der Waals surface area contributed by atoms with Crippen LogP contribution < -0.4 is 0 Å². The lowest BCUT2D eigenvalue weighted by atomic mass is 9.82. The van der Waals surface area contributed by atoms with E-state index >= 15 is 0 Å². The van der Waals surface area contributed by atoms with E-state index in [2.05, 4.69) is 4.90 Å². The number of likely N-dealkylation sites (N-methyl/N-ethyl adjacent to an activating group) is 1. The van der Waals surface area contributed by atoms with Gasteiger partial charge in [-0.25, -0.2) is 0 Å². The number of Topliss-reactive ketones (excluding diaryl/α,β-unsaturated/α-hetero) is 1. The molecule has 1 saturated heterocycles. The molecule has 2 aliphatic rings. The van der Waals surface area contributed by atoms with Gasteiger partial charge in [0.2, 0.25) is 0 Å². The van der Waals surface area contributed by atoms with Crippen LogP contribution in [0.4, 0.5) is 5.69 Å². The molecule has 22 heavy (non-hydrogen) atoms. The number of rotatable bonds is 4. The zero-order chi connectivity index (χ0) is 15.7. The molecule has 3 rings (SSSR count). The van der Waals surface area contributed by atoms with E-state index in [4.69, 9.17) is 0 Å². The molecule has 0 spiro atoms. The van der Waals surface area contributed by atoms with Gasteiger partial charge in [-0.3, -0.25) is 14.9 Å². The van der Waals surface area contributed by atoms with Gasteiger partial charge in [-0.2, -0.15) is 0 Å². The van der Waals surface area contributed by atoms with Crippen molar-refractivity contribution in [1.82, 2.24) is 4.90 Å². The van der Waals surface area contributed by atoms with Crippen LogP contribution in [0.15, 0.2) is 48.6 Å². The van der Waals surface area contributed by atoms with Crippen molar-refractivity contribution in [2.75, 3.05) is 20.1 Å². The Morgan fingerprint density at radius 1 is 1.18 bits per heavy atom. The molecule has 1 aliphatic carbocycles. The molecule has 1 heterocycles. The smallest absolute Gasteiger partial charge is 0.269 e. The molecule has 0 aromatic heterocycles. The predicted molar refractivity (Wildman–Crippen MR) is 83.6 cm³/mol. The first-order valence-electron chi connectivity index (χ1n) is 7.38. The lowest BCUT2D eigenvalue weighted by Gasteiger charge is -2.19. The minimum atomic E-state index is -0.401. The number of hydrogen-bond donors (Lipinski definition) is 0. The molecule has 0 N–H and O–H groups in total. The molecule has 1 aromatic carbocycles. The van der Waals surface area contributed by atoms with Crippen LogP contribution in [-0.4, -0.2) is 35.7 Å². The summed E-state index contributed by atoms with van der Waals surface area (Å²) in [5, 5.41) is 10.8. The molecule has 0 bridgehead atoms. The highest BCUT2D eigenvalue weighted by atomic mass is 16.6.